The standard InChI is InChI=1S/C17H23N3O5/c1-11(25-17(23)14-5-4-13(18-2)10-19-14)15(21)20-8-6-12(7-9-20)16(22)24-3/h4-5,10-12,18H,6-9H2,1-3H3. The largest absolute Gasteiger partial charge is 0.469 e. The zero-order valence-electron chi connectivity index (χ0n) is 14.7. The van der Waals surface area contributed by atoms with Gasteiger partial charge in [0, 0.05) is 20.1 Å². The van der Waals surface area contributed by atoms with Gasteiger partial charge in [0.05, 0.1) is 24.9 Å². The molecule has 0 aliphatic carbocycles. The van der Waals surface area contributed by atoms with E-state index in [2.05, 4.69) is 10.3 Å². The average molecular weight is 349 g/mol. The van der Waals surface area contributed by atoms with Crippen molar-refractivity contribution in [3.8, 4) is 0 Å². The molecule has 1 unspecified atom stereocenters. The number of carbonyl (C=O) groups excluding carboxylic acids is 3. The molecule has 2 rings (SSSR count). The van der Waals surface area contributed by atoms with Crippen LogP contribution in [0.2, 0.25) is 0 Å². The van der Waals surface area contributed by atoms with Crippen LogP contribution in [0.4, 0.5) is 5.69 Å². The fourth-order valence-electron chi connectivity index (χ4n) is 2.69. The van der Waals surface area contributed by atoms with Crippen LogP contribution in [0.15, 0.2) is 18.3 Å². The third-order valence-electron chi connectivity index (χ3n) is 4.23. The van der Waals surface area contributed by atoms with Crippen LogP contribution in [0.25, 0.3) is 0 Å². The minimum absolute atomic E-state index is 0.142. The maximum absolute atomic E-state index is 12.4. The Morgan fingerprint density at radius 1 is 1.28 bits per heavy atom. The normalized spacial score (nSPS) is 16.0. The molecule has 2 heterocycles. The molecule has 25 heavy (non-hydrogen) atoms. The van der Waals surface area contributed by atoms with E-state index < -0.39 is 12.1 Å². The third kappa shape index (κ3) is 4.68. The minimum Gasteiger partial charge on any atom is -0.469 e. The molecule has 1 aliphatic heterocycles. The molecule has 0 saturated carbocycles. The molecular weight excluding hydrogens is 326 g/mol. The molecule has 1 amide bonds. The van der Waals surface area contributed by atoms with Gasteiger partial charge in [0.25, 0.3) is 5.91 Å². The highest BCUT2D eigenvalue weighted by Crippen LogP contribution is 2.19. The topological polar surface area (TPSA) is 97.8 Å². The number of nitrogens with one attached hydrogen (secondary N) is 1. The highest BCUT2D eigenvalue weighted by Gasteiger charge is 2.31. The van der Waals surface area contributed by atoms with E-state index in [0.717, 1.165) is 5.69 Å². The molecule has 1 aliphatic rings. The predicted octanol–water partition coefficient (Wildman–Crippen LogP) is 1.08. The van der Waals surface area contributed by atoms with E-state index in [9.17, 15) is 14.4 Å². The molecular formula is C17H23N3O5. The number of hydrogen-bond acceptors (Lipinski definition) is 7. The van der Waals surface area contributed by atoms with Crippen LogP contribution < -0.4 is 5.32 Å². The Bertz CT molecular complexity index is 624. The first-order valence-electron chi connectivity index (χ1n) is 8.17. The summed E-state index contributed by atoms with van der Waals surface area (Å²) < 4.78 is 9.94. The minimum atomic E-state index is -0.909. The number of likely N-dealkylation sites (tertiary alicyclic amines) is 1. The molecule has 1 aromatic rings. The number of pyridine rings is 1. The lowest BCUT2D eigenvalue weighted by molar-refractivity contribution is -0.150. The van der Waals surface area contributed by atoms with E-state index in [-0.39, 0.29) is 23.5 Å². The SMILES string of the molecule is CNc1ccc(C(=O)OC(C)C(=O)N2CCC(C(=O)OC)CC2)nc1. The van der Waals surface area contributed by atoms with Crippen LogP contribution in [0.1, 0.15) is 30.3 Å². The number of ether oxygens (including phenoxy) is 2. The second-order valence-electron chi connectivity index (χ2n) is 5.85. The number of rotatable bonds is 5. The van der Waals surface area contributed by atoms with Gasteiger partial charge in [0.2, 0.25) is 0 Å². The Balaban J connectivity index is 1.87. The maximum Gasteiger partial charge on any atom is 0.357 e. The van der Waals surface area contributed by atoms with Gasteiger partial charge in [-0.3, -0.25) is 9.59 Å². The summed E-state index contributed by atoms with van der Waals surface area (Å²) in [6.45, 7) is 2.42. The van der Waals surface area contributed by atoms with Gasteiger partial charge >= 0.3 is 11.9 Å². The van der Waals surface area contributed by atoms with Gasteiger partial charge in [0.15, 0.2) is 6.10 Å². The Hall–Kier alpha value is -2.64. The van der Waals surface area contributed by atoms with Crippen molar-refractivity contribution >= 4 is 23.5 Å². The summed E-state index contributed by atoms with van der Waals surface area (Å²) in [6.07, 6.45) is 1.70. The number of carbonyl (C=O) groups is 3. The van der Waals surface area contributed by atoms with E-state index in [0.29, 0.717) is 25.9 Å². The number of nitrogens with zero attached hydrogens (tertiary/aromatic N) is 2. The van der Waals surface area contributed by atoms with Crippen molar-refractivity contribution in [3.05, 3.63) is 24.0 Å². The van der Waals surface area contributed by atoms with Crippen LogP contribution in [-0.4, -0.2) is 61.1 Å². The van der Waals surface area contributed by atoms with Crippen molar-refractivity contribution in [2.75, 3.05) is 32.6 Å². The molecule has 1 aromatic heterocycles. The van der Waals surface area contributed by atoms with E-state index in [1.54, 1.807) is 18.0 Å². The zero-order chi connectivity index (χ0) is 18.4. The molecule has 8 nitrogen and oxygen atoms in total. The Morgan fingerprint density at radius 3 is 2.48 bits per heavy atom. The van der Waals surface area contributed by atoms with E-state index in [4.69, 9.17) is 9.47 Å². The van der Waals surface area contributed by atoms with Gasteiger partial charge in [-0.1, -0.05) is 0 Å². The number of hydrogen-bond donors (Lipinski definition) is 1. The molecule has 1 saturated heterocycles. The molecule has 1 atom stereocenters. The van der Waals surface area contributed by atoms with E-state index >= 15 is 0 Å². The number of esters is 2. The second-order valence-corrected chi connectivity index (χ2v) is 5.85. The van der Waals surface area contributed by atoms with Gasteiger partial charge in [0.1, 0.15) is 5.69 Å². The quantitative estimate of drug-likeness (QED) is 0.794. The Morgan fingerprint density at radius 2 is 1.96 bits per heavy atom. The number of amides is 1. The van der Waals surface area contributed by atoms with Gasteiger partial charge in [-0.25, -0.2) is 9.78 Å². The molecule has 0 spiro atoms. The summed E-state index contributed by atoms with van der Waals surface area (Å²) in [6, 6.07) is 3.24. The Kier molecular flexibility index (Phi) is 6.32. The van der Waals surface area contributed by atoms with Crippen molar-refractivity contribution in [1.29, 1.82) is 0 Å². The molecule has 1 fully saturated rings. The van der Waals surface area contributed by atoms with Gasteiger partial charge < -0.3 is 19.7 Å². The van der Waals surface area contributed by atoms with Crippen LogP contribution >= 0.6 is 0 Å². The summed E-state index contributed by atoms with van der Waals surface area (Å²) in [5.41, 5.74) is 0.914. The number of piperidine rings is 1. The van der Waals surface area contributed by atoms with Crippen molar-refractivity contribution < 1.29 is 23.9 Å². The van der Waals surface area contributed by atoms with Crippen LogP contribution in [0.3, 0.4) is 0 Å². The number of methoxy groups -OCH3 is 1. The van der Waals surface area contributed by atoms with Gasteiger partial charge in [-0.15, -0.1) is 0 Å². The van der Waals surface area contributed by atoms with Crippen LogP contribution in [-0.2, 0) is 19.1 Å². The second kappa shape index (κ2) is 8.46. The molecule has 0 aromatic carbocycles. The first kappa shape index (κ1) is 18.7. The molecule has 136 valence electrons. The number of anilines is 1. The Labute approximate surface area is 146 Å². The van der Waals surface area contributed by atoms with E-state index in [1.165, 1.54) is 26.3 Å². The van der Waals surface area contributed by atoms with Crippen LogP contribution in [0, 0.1) is 5.92 Å². The van der Waals surface area contributed by atoms with Crippen molar-refractivity contribution in [2.24, 2.45) is 5.92 Å². The lowest BCUT2D eigenvalue weighted by Gasteiger charge is -2.32. The highest BCUT2D eigenvalue weighted by molar-refractivity contribution is 5.90. The third-order valence-corrected chi connectivity index (χ3v) is 4.23. The fraction of sp³-hybridized carbons (Fsp3) is 0.529. The predicted molar refractivity (Wildman–Crippen MR) is 90.0 cm³/mol. The highest BCUT2D eigenvalue weighted by atomic mass is 16.5. The monoisotopic (exact) mass is 349 g/mol. The fourth-order valence-corrected chi connectivity index (χ4v) is 2.69. The average Bonchev–Trinajstić information content (AvgIpc) is 2.66. The lowest BCUT2D eigenvalue weighted by Crippen LogP contribution is -2.45. The first-order chi connectivity index (χ1) is 12.0. The van der Waals surface area contributed by atoms with Crippen molar-refractivity contribution in [1.82, 2.24) is 9.88 Å². The summed E-state index contributed by atoms with van der Waals surface area (Å²) >= 11 is 0. The van der Waals surface area contributed by atoms with E-state index in [1.807, 2.05) is 0 Å². The van der Waals surface area contributed by atoms with Gasteiger partial charge in [-0.2, -0.15) is 0 Å². The first-order valence-corrected chi connectivity index (χ1v) is 8.17. The number of aromatic nitrogens is 1. The molecule has 1 N–H and O–H groups in total. The van der Waals surface area contributed by atoms with Gasteiger partial charge in [-0.05, 0) is 31.9 Å². The van der Waals surface area contributed by atoms with Crippen LogP contribution in [0.5, 0.6) is 0 Å². The molecule has 0 radical (unpaired) electrons. The van der Waals surface area contributed by atoms with Crippen molar-refractivity contribution in [2.45, 2.75) is 25.9 Å². The summed E-state index contributed by atoms with van der Waals surface area (Å²) in [5.74, 6) is -1.35. The smallest absolute Gasteiger partial charge is 0.357 e. The summed E-state index contributed by atoms with van der Waals surface area (Å²) in [7, 11) is 3.11. The summed E-state index contributed by atoms with van der Waals surface area (Å²) in [4.78, 5) is 41.6. The zero-order valence-corrected chi connectivity index (χ0v) is 14.7. The summed E-state index contributed by atoms with van der Waals surface area (Å²) in [5, 5.41) is 2.90. The molecule has 0 bridgehead atoms. The maximum atomic E-state index is 12.4. The van der Waals surface area contributed by atoms with Crippen molar-refractivity contribution in [3.63, 3.8) is 0 Å². The molecule has 8 heteroatoms. The lowest BCUT2D eigenvalue weighted by atomic mass is 9.97.